The Bertz CT molecular complexity index is 1170. The molecule has 0 saturated carbocycles. The number of carboxylic acid groups (broad SMARTS) is 1. The number of fused-ring (bicyclic) bond motifs is 4. The molecular formula is C21H21NO6. The number of nitrogens with one attached hydrogen (secondary N) is 1. The summed E-state index contributed by atoms with van der Waals surface area (Å²) in [6.45, 7) is 3.15. The standard InChI is InChI=1S/C21H21NO6/c1-10-13-7-15-12-5-3-4-6-16(12)27-18(15)9-17(13)28-21(26)14(10)8-19(23)22-11(2)20(24)25/h7,9,11H,3-6,8H2,1-2H3,(H,22,23)(H,24,25). The zero-order valence-electron chi connectivity index (χ0n) is 15.8. The second-order valence-corrected chi connectivity index (χ2v) is 7.35. The van der Waals surface area contributed by atoms with E-state index in [1.165, 1.54) is 12.5 Å². The van der Waals surface area contributed by atoms with Gasteiger partial charge in [0, 0.05) is 28.8 Å². The van der Waals surface area contributed by atoms with E-state index in [2.05, 4.69) is 5.32 Å². The highest BCUT2D eigenvalue weighted by atomic mass is 16.4. The van der Waals surface area contributed by atoms with Gasteiger partial charge in [0.15, 0.2) is 0 Å². The number of amides is 1. The Morgan fingerprint density at radius 2 is 1.86 bits per heavy atom. The number of aliphatic carboxylic acids is 1. The average Bonchev–Trinajstić information content (AvgIpc) is 3.01. The van der Waals surface area contributed by atoms with Gasteiger partial charge in [-0.15, -0.1) is 0 Å². The Morgan fingerprint density at radius 1 is 1.14 bits per heavy atom. The van der Waals surface area contributed by atoms with Crippen molar-refractivity contribution in [2.75, 3.05) is 0 Å². The van der Waals surface area contributed by atoms with Crippen LogP contribution >= 0.6 is 0 Å². The summed E-state index contributed by atoms with van der Waals surface area (Å²) < 4.78 is 11.4. The molecule has 0 fully saturated rings. The molecule has 3 aromatic rings. The molecule has 2 N–H and O–H groups in total. The minimum atomic E-state index is -1.14. The third-order valence-electron chi connectivity index (χ3n) is 5.45. The largest absolute Gasteiger partial charge is 0.480 e. The predicted molar refractivity (Wildman–Crippen MR) is 103 cm³/mol. The monoisotopic (exact) mass is 383 g/mol. The molecule has 7 nitrogen and oxygen atoms in total. The highest BCUT2D eigenvalue weighted by Gasteiger charge is 2.22. The minimum Gasteiger partial charge on any atom is -0.480 e. The number of carboxylic acids is 1. The van der Waals surface area contributed by atoms with E-state index in [4.69, 9.17) is 13.9 Å². The van der Waals surface area contributed by atoms with Crippen LogP contribution in [0.25, 0.3) is 21.9 Å². The van der Waals surface area contributed by atoms with Gasteiger partial charge in [0.1, 0.15) is 23.0 Å². The molecule has 1 aliphatic carbocycles. The zero-order valence-corrected chi connectivity index (χ0v) is 15.8. The Hall–Kier alpha value is -3.09. The van der Waals surface area contributed by atoms with Crippen molar-refractivity contribution in [3.05, 3.63) is 45.0 Å². The number of benzene rings is 1. The number of rotatable bonds is 4. The topological polar surface area (TPSA) is 110 Å². The van der Waals surface area contributed by atoms with Crippen molar-refractivity contribution in [1.29, 1.82) is 0 Å². The summed E-state index contributed by atoms with van der Waals surface area (Å²) in [6.07, 6.45) is 3.87. The third kappa shape index (κ3) is 3.06. The van der Waals surface area contributed by atoms with Gasteiger partial charge < -0.3 is 19.3 Å². The Balaban J connectivity index is 1.78. The number of hydrogen-bond acceptors (Lipinski definition) is 5. The van der Waals surface area contributed by atoms with Crippen LogP contribution in [0.1, 0.15) is 42.2 Å². The van der Waals surface area contributed by atoms with Crippen LogP contribution in [0.3, 0.4) is 0 Å². The van der Waals surface area contributed by atoms with Gasteiger partial charge in [0.25, 0.3) is 0 Å². The van der Waals surface area contributed by atoms with Gasteiger partial charge in [-0.3, -0.25) is 9.59 Å². The lowest BCUT2D eigenvalue weighted by atomic mass is 9.94. The summed E-state index contributed by atoms with van der Waals surface area (Å²) in [5.41, 5.74) is 2.64. The number of aryl methyl sites for hydroxylation is 3. The molecule has 146 valence electrons. The van der Waals surface area contributed by atoms with Gasteiger partial charge in [-0.2, -0.15) is 0 Å². The molecule has 4 rings (SSSR count). The van der Waals surface area contributed by atoms with Crippen LogP contribution in [0, 0.1) is 6.92 Å². The Labute approximate surface area is 160 Å². The van der Waals surface area contributed by atoms with Crippen molar-refractivity contribution in [1.82, 2.24) is 5.32 Å². The molecular weight excluding hydrogens is 362 g/mol. The fourth-order valence-electron chi connectivity index (χ4n) is 3.86. The molecule has 2 aromatic heterocycles. The molecule has 1 atom stereocenters. The van der Waals surface area contributed by atoms with Gasteiger partial charge in [-0.05, 0) is 44.7 Å². The van der Waals surface area contributed by atoms with Crippen molar-refractivity contribution in [2.24, 2.45) is 0 Å². The zero-order chi connectivity index (χ0) is 20.0. The first-order valence-electron chi connectivity index (χ1n) is 9.38. The fraction of sp³-hybridized carbons (Fsp3) is 0.381. The van der Waals surface area contributed by atoms with Crippen molar-refractivity contribution in [3.8, 4) is 0 Å². The summed E-state index contributed by atoms with van der Waals surface area (Å²) in [5, 5.41) is 13.1. The second kappa shape index (κ2) is 6.82. The SMILES string of the molecule is Cc1c(CC(=O)NC(C)C(=O)O)c(=O)oc2cc3oc4c(c3cc12)CCCC4. The molecule has 0 saturated heterocycles. The molecule has 0 bridgehead atoms. The van der Waals surface area contributed by atoms with Gasteiger partial charge in [0.05, 0.1) is 12.0 Å². The molecule has 0 radical (unpaired) electrons. The van der Waals surface area contributed by atoms with E-state index < -0.39 is 23.5 Å². The van der Waals surface area contributed by atoms with Gasteiger partial charge >= 0.3 is 11.6 Å². The smallest absolute Gasteiger partial charge is 0.340 e. The molecule has 1 amide bonds. The first-order chi connectivity index (χ1) is 13.3. The lowest BCUT2D eigenvalue weighted by Crippen LogP contribution is -2.39. The van der Waals surface area contributed by atoms with Crippen LogP contribution in [0.4, 0.5) is 0 Å². The van der Waals surface area contributed by atoms with E-state index in [9.17, 15) is 14.4 Å². The first kappa shape index (κ1) is 18.3. The maximum atomic E-state index is 12.4. The summed E-state index contributed by atoms with van der Waals surface area (Å²) in [7, 11) is 0. The highest BCUT2D eigenvalue weighted by Crippen LogP contribution is 2.35. The van der Waals surface area contributed by atoms with Crippen LogP contribution in [-0.2, 0) is 28.9 Å². The van der Waals surface area contributed by atoms with Crippen molar-refractivity contribution < 1.29 is 23.5 Å². The maximum absolute atomic E-state index is 12.4. The Kier molecular flexibility index (Phi) is 4.45. The molecule has 28 heavy (non-hydrogen) atoms. The minimum absolute atomic E-state index is 0.233. The molecule has 7 heteroatoms. The van der Waals surface area contributed by atoms with Crippen LogP contribution in [-0.4, -0.2) is 23.0 Å². The van der Waals surface area contributed by atoms with Gasteiger partial charge in [-0.1, -0.05) is 0 Å². The number of furan rings is 1. The summed E-state index contributed by atoms with van der Waals surface area (Å²) in [6, 6.07) is 2.68. The van der Waals surface area contributed by atoms with Crippen molar-refractivity contribution >= 4 is 33.8 Å². The molecule has 1 unspecified atom stereocenters. The van der Waals surface area contributed by atoms with E-state index in [0.29, 0.717) is 16.7 Å². The summed E-state index contributed by atoms with van der Waals surface area (Å²) in [4.78, 5) is 35.5. The summed E-state index contributed by atoms with van der Waals surface area (Å²) >= 11 is 0. The normalized spacial score (nSPS) is 14.8. The highest BCUT2D eigenvalue weighted by molar-refractivity contribution is 5.97. The molecule has 2 heterocycles. The average molecular weight is 383 g/mol. The lowest BCUT2D eigenvalue weighted by Gasteiger charge is -2.11. The number of carbonyl (C=O) groups is 2. The van der Waals surface area contributed by atoms with Crippen LogP contribution in [0.5, 0.6) is 0 Å². The van der Waals surface area contributed by atoms with Crippen LogP contribution in [0.15, 0.2) is 25.8 Å². The quantitative estimate of drug-likeness (QED) is 0.671. The van der Waals surface area contributed by atoms with E-state index >= 15 is 0 Å². The Morgan fingerprint density at radius 3 is 2.61 bits per heavy atom. The van der Waals surface area contributed by atoms with Gasteiger partial charge in [0.2, 0.25) is 5.91 Å². The molecule has 1 aliphatic rings. The van der Waals surface area contributed by atoms with E-state index in [0.717, 1.165) is 42.2 Å². The van der Waals surface area contributed by atoms with Crippen LogP contribution < -0.4 is 10.9 Å². The first-order valence-corrected chi connectivity index (χ1v) is 9.38. The third-order valence-corrected chi connectivity index (χ3v) is 5.45. The molecule has 1 aromatic carbocycles. The van der Waals surface area contributed by atoms with E-state index in [1.54, 1.807) is 13.0 Å². The van der Waals surface area contributed by atoms with Crippen molar-refractivity contribution in [3.63, 3.8) is 0 Å². The number of carbonyl (C=O) groups excluding carboxylic acids is 1. The fourth-order valence-corrected chi connectivity index (χ4v) is 3.86. The van der Waals surface area contributed by atoms with Crippen LogP contribution in [0.2, 0.25) is 0 Å². The van der Waals surface area contributed by atoms with E-state index in [1.807, 2.05) is 6.07 Å². The van der Waals surface area contributed by atoms with Gasteiger partial charge in [-0.25, -0.2) is 4.79 Å². The molecule has 0 spiro atoms. The van der Waals surface area contributed by atoms with E-state index in [-0.39, 0.29) is 12.0 Å². The lowest BCUT2D eigenvalue weighted by molar-refractivity contribution is -0.141. The molecule has 0 aliphatic heterocycles. The second-order valence-electron chi connectivity index (χ2n) is 7.35. The number of hydrogen-bond donors (Lipinski definition) is 2. The van der Waals surface area contributed by atoms with Crippen molar-refractivity contribution in [2.45, 2.75) is 52.0 Å². The predicted octanol–water partition coefficient (Wildman–Crippen LogP) is 2.86. The summed E-state index contributed by atoms with van der Waals surface area (Å²) in [5.74, 6) is -0.673. The maximum Gasteiger partial charge on any atom is 0.340 e.